The van der Waals surface area contributed by atoms with E-state index >= 15 is 0 Å². The molecule has 1 rings (SSSR count). The summed E-state index contributed by atoms with van der Waals surface area (Å²) in [6.07, 6.45) is 6.94. The smallest absolute Gasteiger partial charge is 0.224 e. The van der Waals surface area contributed by atoms with Crippen molar-refractivity contribution in [2.75, 3.05) is 0 Å². The van der Waals surface area contributed by atoms with Crippen molar-refractivity contribution in [1.29, 1.82) is 0 Å². The van der Waals surface area contributed by atoms with E-state index < -0.39 is 15.4 Å². The van der Waals surface area contributed by atoms with Gasteiger partial charge in [-0.2, -0.15) is 0 Å². The van der Waals surface area contributed by atoms with E-state index in [1.807, 2.05) is 12.2 Å². The van der Waals surface area contributed by atoms with Crippen LogP contribution in [0.25, 0.3) is 0 Å². The second kappa shape index (κ2) is 4.76. The van der Waals surface area contributed by atoms with E-state index in [2.05, 4.69) is 27.2 Å². The number of allylic oxidation sites excluding steroid dienone is 2. The van der Waals surface area contributed by atoms with Crippen molar-refractivity contribution in [3.05, 3.63) is 29.9 Å². The van der Waals surface area contributed by atoms with E-state index in [1.165, 1.54) is 0 Å². The highest BCUT2D eigenvalue weighted by Crippen LogP contribution is 2.27. The van der Waals surface area contributed by atoms with Gasteiger partial charge in [-0.3, -0.25) is 0 Å². The van der Waals surface area contributed by atoms with Gasteiger partial charge in [0.2, 0.25) is 9.76 Å². The summed E-state index contributed by atoms with van der Waals surface area (Å²) in [6.45, 7) is 10.2. The second-order valence-electron chi connectivity index (χ2n) is 6.05. The Balaban J connectivity index is 2.63. The Morgan fingerprint density at radius 2 is 1.88 bits per heavy atom. The molecule has 3 heteroatoms. The predicted molar refractivity (Wildman–Crippen MR) is 70.7 cm³/mol. The first-order valence-electron chi connectivity index (χ1n) is 5.79. The fourth-order valence-electron chi connectivity index (χ4n) is 1.40. The molecule has 1 aliphatic carbocycles. The average molecular weight is 239 g/mol. The van der Waals surface area contributed by atoms with Crippen LogP contribution in [0.5, 0.6) is 0 Å². The van der Waals surface area contributed by atoms with Crippen molar-refractivity contribution < 1.29 is 9.53 Å². The molecule has 0 saturated heterocycles. The molecule has 0 aromatic heterocycles. The van der Waals surface area contributed by atoms with Crippen molar-refractivity contribution in [2.24, 2.45) is 0 Å². The third-order valence-corrected chi connectivity index (χ3v) is 3.68. The second-order valence-corrected chi connectivity index (χ2v) is 8.75. The lowest BCUT2D eigenvalue weighted by Gasteiger charge is -2.25. The fourth-order valence-corrected chi connectivity index (χ4v) is 2.20. The molecule has 1 aliphatic rings. The summed E-state index contributed by atoms with van der Waals surface area (Å²) in [5.41, 5.74) is 0.180. The Bertz CT molecular complexity index is 303. The van der Waals surface area contributed by atoms with Gasteiger partial charge in [-0.25, -0.2) is 0 Å². The van der Waals surface area contributed by atoms with Gasteiger partial charge >= 0.3 is 0 Å². The van der Waals surface area contributed by atoms with Gasteiger partial charge in [0.1, 0.15) is 0 Å². The zero-order chi connectivity index (χ0) is 12.4. The quantitative estimate of drug-likeness (QED) is 0.767. The summed E-state index contributed by atoms with van der Waals surface area (Å²) in [7, 11) is -0.570. The van der Waals surface area contributed by atoms with Crippen molar-refractivity contribution in [3.8, 4) is 0 Å². The molecule has 0 unspecified atom stereocenters. The van der Waals surface area contributed by atoms with E-state index in [9.17, 15) is 5.11 Å². The van der Waals surface area contributed by atoms with Crippen LogP contribution >= 0.6 is 0 Å². The summed E-state index contributed by atoms with van der Waals surface area (Å²) >= 11 is 0. The third kappa shape index (κ3) is 4.54. The monoisotopic (exact) mass is 239 g/mol. The van der Waals surface area contributed by atoms with Crippen LogP contribution < -0.4 is 0 Å². The molecule has 16 heavy (non-hydrogen) atoms. The maximum absolute atomic E-state index is 9.92. The summed E-state index contributed by atoms with van der Waals surface area (Å²) in [5.74, 6) is 0.932. The highest BCUT2D eigenvalue weighted by atomic mass is 28.2. The number of rotatable bonds is 3. The Morgan fingerprint density at radius 3 is 2.38 bits per heavy atom. The molecule has 0 fully saturated rings. The van der Waals surface area contributed by atoms with Crippen LogP contribution in [0, 0.1) is 6.42 Å². The zero-order valence-corrected chi connectivity index (χ0v) is 12.4. The predicted octanol–water partition coefficient (Wildman–Crippen LogP) is 2.49. The maximum Gasteiger partial charge on any atom is 0.224 e. The Labute approximate surface area is 101 Å². The van der Waals surface area contributed by atoms with Crippen LogP contribution in [0.1, 0.15) is 41.0 Å². The fraction of sp³-hybridized carbons (Fsp3) is 0.615. The van der Waals surface area contributed by atoms with E-state index in [4.69, 9.17) is 4.43 Å². The van der Waals surface area contributed by atoms with E-state index in [1.54, 1.807) is 13.8 Å². The molecule has 91 valence electrons. The Morgan fingerprint density at radius 1 is 1.25 bits per heavy atom. The molecule has 0 saturated carbocycles. The zero-order valence-electron chi connectivity index (χ0n) is 11.0. The molecule has 0 aromatic carbocycles. The molecular weight excluding hydrogens is 216 g/mol. The molecule has 1 radical (unpaired) electrons. The first-order valence-corrected chi connectivity index (χ1v) is 7.08. The minimum atomic E-state index is -0.772. The van der Waals surface area contributed by atoms with E-state index in [0.717, 1.165) is 17.8 Å². The normalized spacial score (nSPS) is 18.6. The molecule has 0 aromatic rings. The Hall–Kier alpha value is -0.543. The summed E-state index contributed by atoms with van der Waals surface area (Å²) < 4.78 is 5.87. The van der Waals surface area contributed by atoms with Crippen LogP contribution in [0.4, 0.5) is 0 Å². The molecule has 0 spiro atoms. The standard InChI is InChI=1S/C13H23O2Si/c1-12(2,3)16-15-11-8-6-7-10(9-11)13(4,5)14/h7-9,14H,6,16H2,1-5H3. The topological polar surface area (TPSA) is 29.5 Å². The minimum Gasteiger partial charge on any atom is -0.551 e. The third-order valence-electron chi connectivity index (χ3n) is 2.33. The molecule has 0 atom stereocenters. The van der Waals surface area contributed by atoms with Crippen molar-refractivity contribution in [1.82, 2.24) is 0 Å². The number of hydrogen-bond donors (Lipinski definition) is 1. The lowest BCUT2D eigenvalue weighted by Crippen LogP contribution is -2.23. The van der Waals surface area contributed by atoms with E-state index in [0.29, 0.717) is 5.04 Å². The van der Waals surface area contributed by atoms with Crippen molar-refractivity contribution in [2.45, 2.75) is 51.7 Å². The average Bonchev–Trinajstić information content (AvgIpc) is 2.13. The number of aliphatic hydroxyl groups is 1. The van der Waals surface area contributed by atoms with Crippen molar-refractivity contribution >= 4 is 9.76 Å². The van der Waals surface area contributed by atoms with Crippen molar-refractivity contribution in [3.63, 3.8) is 0 Å². The van der Waals surface area contributed by atoms with Crippen LogP contribution in [0.2, 0.25) is 5.04 Å². The van der Waals surface area contributed by atoms with Crippen LogP contribution in [0.3, 0.4) is 0 Å². The van der Waals surface area contributed by atoms with Gasteiger partial charge in [0.05, 0.1) is 11.4 Å². The van der Waals surface area contributed by atoms with Gasteiger partial charge in [-0.05, 0) is 37.0 Å². The van der Waals surface area contributed by atoms with Gasteiger partial charge < -0.3 is 9.53 Å². The van der Waals surface area contributed by atoms with Crippen LogP contribution in [-0.4, -0.2) is 20.5 Å². The number of hydrogen-bond acceptors (Lipinski definition) is 2. The summed E-state index contributed by atoms with van der Waals surface area (Å²) in [6, 6.07) is 0. The van der Waals surface area contributed by atoms with Gasteiger partial charge in [0.25, 0.3) is 0 Å². The van der Waals surface area contributed by atoms with Crippen LogP contribution in [-0.2, 0) is 4.43 Å². The summed E-state index contributed by atoms with van der Waals surface area (Å²) in [4.78, 5) is 0. The largest absolute Gasteiger partial charge is 0.551 e. The lowest BCUT2D eigenvalue weighted by atomic mass is 9.92. The highest BCUT2D eigenvalue weighted by molar-refractivity contribution is 6.32. The molecule has 0 bridgehead atoms. The molecule has 0 aliphatic heterocycles. The minimum absolute atomic E-state index is 0.296. The maximum atomic E-state index is 9.92. The first-order chi connectivity index (χ1) is 7.18. The molecule has 2 nitrogen and oxygen atoms in total. The SMILES string of the molecule is CC(C)(C)[SiH2]OC1=CC(C(C)(C)O)=CC[CH]1. The van der Waals surface area contributed by atoms with Gasteiger partial charge in [-0.1, -0.05) is 26.8 Å². The first kappa shape index (κ1) is 13.5. The van der Waals surface area contributed by atoms with Gasteiger partial charge in [0, 0.05) is 6.42 Å². The molecule has 0 heterocycles. The Kier molecular flexibility index (Phi) is 4.02. The van der Waals surface area contributed by atoms with Crippen LogP contribution in [0.15, 0.2) is 23.5 Å². The summed E-state index contributed by atoms with van der Waals surface area (Å²) in [5, 5.41) is 10.2. The van der Waals surface area contributed by atoms with E-state index in [-0.39, 0.29) is 0 Å². The lowest BCUT2D eigenvalue weighted by molar-refractivity contribution is 0.122. The van der Waals surface area contributed by atoms with Gasteiger partial charge in [0.15, 0.2) is 0 Å². The molecule has 1 N–H and O–H groups in total. The molecular formula is C13H23O2Si. The highest BCUT2D eigenvalue weighted by Gasteiger charge is 2.21. The molecule has 0 amide bonds. The van der Waals surface area contributed by atoms with Gasteiger partial charge in [-0.15, -0.1) is 0 Å².